The van der Waals surface area contributed by atoms with Gasteiger partial charge in [0.05, 0.1) is 24.0 Å². The van der Waals surface area contributed by atoms with Crippen LogP contribution in [-0.4, -0.2) is 17.5 Å². The van der Waals surface area contributed by atoms with Gasteiger partial charge < -0.3 is 14.6 Å². The first-order valence-electron chi connectivity index (χ1n) is 6.48. The van der Waals surface area contributed by atoms with Crippen molar-refractivity contribution in [2.45, 2.75) is 19.5 Å². The van der Waals surface area contributed by atoms with E-state index in [2.05, 4.69) is 17.1 Å². The van der Waals surface area contributed by atoms with Gasteiger partial charge in [-0.25, -0.2) is 0 Å². The first-order chi connectivity index (χ1) is 9.65. The van der Waals surface area contributed by atoms with Crippen molar-refractivity contribution < 1.29 is 9.34 Å². The summed E-state index contributed by atoms with van der Waals surface area (Å²) in [5.41, 5.74) is 2.16. The van der Waals surface area contributed by atoms with Crippen molar-refractivity contribution in [2.24, 2.45) is 0 Å². The third-order valence-electron chi connectivity index (χ3n) is 3.49. The molecule has 1 aromatic carbocycles. The Bertz CT molecular complexity index is 638. The lowest BCUT2D eigenvalue weighted by molar-refractivity contribution is -0.402. The molecule has 1 unspecified atom stereocenters. The molecule has 1 atom stereocenters. The van der Waals surface area contributed by atoms with Gasteiger partial charge in [0, 0.05) is 12.6 Å². The van der Waals surface area contributed by atoms with Gasteiger partial charge in [-0.15, -0.1) is 0 Å². The molecule has 1 aliphatic rings. The monoisotopic (exact) mass is 273 g/mol. The molecule has 3 rings (SSSR count). The highest BCUT2D eigenvalue weighted by atomic mass is 16.6. The summed E-state index contributed by atoms with van der Waals surface area (Å²) in [6, 6.07) is 11.4. The third-order valence-corrected chi connectivity index (χ3v) is 3.49. The first-order valence-corrected chi connectivity index (χ1v) is 6.48. The van der Waals surface area contributed by atoms with E-state index in [0.29, 0.717) is 12.3 Å². The fourth-order valence-corrected chi connectivity index (χ4v) is 2.44. The normalized spacial score (nSPS) is 17.4. The Morgan fingerprint density at radius 1 is 1.40 bits per heavy atom. The van der Waals surface area contributed by atoms with E-state index < -0.39 is 4.92 Å². The smallest absolute Gasteiger partial charge is 0.404 e. The topological polar surface area (TPSA) is 71.5 Å². The van der Waals surface area contributed by atoms with E-state index in [1.165, 1.54) is 6.07 Å². The lowest BCUT2D eigenvalue weighted by atomic mass is 10.1. The van der Waals surface area contributed by atoms with Crippen LogP contribution in [0.15, 0.2) is 40.8 Å². The Labute approximate surface area is 116 Å². The Morgan fingerprint density at radius 3 is 2.95 bits per heavy atom. The first kappa shape index (κ1) is 12.5. The van der Waals surface area contributed by atoms with Crippen molar-refractivity contribution >= 4 is 17.3 Å². The molecule has 1 N–H and O–H groups in total. The predicted octanol–water partition coefficient (Wildman–Crippen LogP) is 3.01. The van der Waals surface area contributed by atoms with Crippen molar-refractivity contribution in [3.05, 3.63) is 52.3 Å². The minimum absolute atomic E-state index is 0.212. The number of nitrogens with zero attached hydrogens (tertiary/aromatic N) is 2. The summed E-state index contributed by atoms with van der Waals surface area (Å²) in [6.07, 6.45) is 0. The molecule has 0 fully saturated rings. The SMILES string of the molecule is CC1CNc2ccccc2N1Cc1ccc([N+](=O)[O-])o1. The van der Waals surface area contributed by atoms with Crippen molar-refractivity contribution in [1.29, 1.82) is 0 Å². The lowest BCUT2D eigenvalue weighted by Gasteiger charge is -2.37. The van der Waals surface area contributed by atoms with Gasteiger partial charge in [-0.1, -0.05) is 12.1 Å². The van der Waals surface area contributed by atoms with Crippen LogP contribution in [-0.2, 0) is 6.54 Å². The van der Waals surface area contributed by atoms with Gasteiger partial charge in [0.1, 0.15) is 10.7 Å². The summed E-state index contributed by atoms with van der Waals surface area (Å²) in [7, 11) is 0. The molecule has 20 heavy (non-hydrogen) atoms. The molecule has 104 valence electrons. The molecule has 1 aliphatic heterocycles. The molecule has 0 amide bonds. The highest BCUT2D eigenvalue weighted by Gasteiger charge is 2.24. The summed E-state index contributed by atoms with van der Waals surface area (Å²) in [5.74, 6) is 0.385. The van der Waals surface area contributed by atoms with Crippen LogP contribution in [0.4, 0.5) is 17.3 Å². The minimum atomic E-state index is -0.515. The number of hydrogen-bond acceptors (Lipinski definition) is 5. The number of benzene rings is 1. The van der Waals surface area contributed by atoms with E-state index in [1.54, 1.807) is 6.07 Å². The zero-order valence-electron chi connectivity index (χ0n) is 11.1. The number of furan rings is 1. The highest BCUT2D eigenvalue weighted by Crippen LogP contribution is 2.32. The summed E-state index contributed by atoms with van der Waals surface area (Å²) in [5, 5.41) is 14.0. The van der Waals surface area contributed by atoms with E-state index in [4.69, 9.17) is 4.42 Å². The van der Waals surface area contributed by atoms with Crippen LogP contribution in [0.1, 0.15) is 12.7 Å². The molecule has 2 heterocycles. The van der Waals surface area contributed by atoms with Crippen molar-refractivity contribution in [3.63, 3.8) is 0 Å². The molecular formula is C14H15N3O3. The van der Waals surface area contributed by atoms with Gasteiger partial charge in [0.15, 0.2) is 0 Å². The molecule has 0 saturated heterocycles. The molecule has 0 radical (unpaired) electrons. The second-order valence-corrected chi connectivity index (χ2v) is 4.87. The van der Waals surface area contributed by atoms with Crippen LogP contribution < -0.4 is 10.2 Å². The fraction of sp³-hybridized carbons (Fsp3) is 0.286. The fourth-order valence-electron chi connectivity index (χ4n) is 2.44. The number of anilines is 2. The zero-order chi connectivity index (χ0) is 14.1. The molecular weight excluding hydrogens is 258 g/mol. The van der Waals surface area contributed by atoms with Crippen LogP contribution in [0.3, 0.4) is 0 Å². The van der Waals surface area contributed by atoms with E-state index >= 15 is 0 Å². The maximum absolute atomic E-state index is 10.7. The average molecular weight is 273 g/mol. The third kappa shape index (κ3) is 2.20. The largest absolute Gasteiger partial charge is 0.433 e. The van der Waals surface area contributed by atoms with Crippen molar-refractivity contribution in [1.82, 2.24) is 0 Å². The molecule has 0 bridgehead atoms. The second kappa shape index (κ2) is 4.88. The van der Waals surface area contributed by atoms with Gasteiger partial charge in [-0.2, -0.15) is 0 Å². The average Bonchev–Trinajstić information content (AvgIpc) is 2.91. The van der Waals surface area contributed by atoms with Crippen LogP contribution in [0.2, 0.25) is 0 Å². The van der Waals surface area contributed by atoms with Crippen LogP contribution >= 0.6 is 0 Å². The standard InChI is InChI=1S/C14H15N3O3/c1-10-8-15-12-4-2-3-5-13(12)16(10)9-11-6-7-14(20-11)17(18)19/h2-7,10,15H,8-9H2,1H3. The van der Waals surface area contributed by atoms with Crippen LogP contribution in [0.5, 0.6) is 0 Å². The highest BCUT2D eigenvalue weighted by molar-refractivity contribution is 5.72. The Hall–Kier alpha value is -2.50. The summed E-state index contributed by atoms with van der Waals surface area (Å²) >= 11 is 0. The number of nitrogens with one attached hydrogen (secondary N) is 1. The summed E-state index contributed by atoms with van der Waals surface area (Å²) < 4.78 is 5.25. The number of para-hydroxylation sites is 2. The van der Waals surface area contributed by atoms with E-state index in [9.17, 15) is 10.1 Å². The molecule has 0 spiro atoms. The van der Waals surface area contributed by atoms with Gasteiger partial charge in [-0.05, 0) is 25.1 Å². The van der Waals surface area contributed by atoms with E-state index in [1.807, 2.05) is 24.3 Å². The predicted molar refractivity (Wildman–Crippen MR) is 75.9 cm³/mol. The van der Waals surface area contributed by atoms with Gasteiger partial charge in [0.2, 0.25) is 0 Å². The molecule has 0 aliphatic carbocycles. The maximum atomic E-state index is 10.7. The van der Waals surface area contributed by atoms with Gasteiger partial charge in [0.25, 0.3) is 0 Å². The van der Waals surface area contributed by atoms with E-state index in [-0.39, 0.29) is 11.9 Å². The molecule has 2 aromatic rings. The summed E-state index contributed by atoms with van der Waals surface area (Å²) in [4.78, 5) is 12.3. The number of nitro groups is 1. The minimum Gasteiger partial charge on any atom is -0.404 e. The number of rotatable bonds is 3. The number of fused-ring (bicyclic) bond motifs is 1. The van der Waals surface area contributed by atoms with Crippen molar-refractivity contribution in [3.8, 4) is 0 Å². The Kier molecular flexibility index (Phi) is 3.06. The Balaban J connectivity index is 1.87. The maximum Gasteiger partial charge on any atom is 0.433 e. The quantitative estimate of drug-likeness (QED) is 0.687. The zero-order valence-corrected chi connectivity index (χ0v) is 11.1. The molecule has 0 saturated carbocycles. The van der Waals surface area contributed by atoms with Gasteiger partial charge >= 0.3 is 5.88 Å². The van der Waals surface area contributed by atoms with Crippen molar-refractivity contribution in [2.75, 3.05) is 16.8 Å². The lowest BCUT2D eigenvalue weighted by Crippen LogP contribution is -2.41. The van der Waals surface area contributed by atoms with E-state index in [0.717, 1.165) is 17.9 Å². The molecule has 6 nitrogen and oxygen atoms in total. The van der Waals surface area contributed by atoms with Gasteiger partial charge in [-0.3, -0.25) is 10.1 Å². The Morgan fingerprint density at radius 2 is 2.20 bits per heavy atom. The summed E-state index contributed by atoms with van der Waals surface area (Å²) in [6.45, 7) is 3.47. The molecule has 6 heteroatoms. The number of hydrogen-bond donors (Lipinski definition) is 1. The van der Waals surface area contributed by atoms with Crippen LogP contribution in [0, 0.1) is 10.1 Å². The second-order valence-electron chi connectivity index (χ2n) is 4.87. The van der Waals surface area contributed by atoms with Crippen LogP contribution in [0.25, 0.3) is 0 Å². The molecule has 1 aromatic heterocycles.